The summed E-state index contributed by atoms with van der Waals surface area (Å²) in [6, 6.07) is 11.4. The Kier molecular flexibility index (Phi) is 7.12. The van der Waals surface area contributed by atoms with Gasteiger partial charge in [-0.15, -0.1) is 0 Å². The molecule has 6 nitrogen and oxygen atoms in total. The lowest BCUT2D eigenvalue weighted by Crippen LogP contribution is -2.31. The van der Waals surface area contributed by atoms with Gasteiger partial charge in [0.25, 0.3) is 5.91 Å². The zero-order valence-electron chi connectivity index (χ0n) is 14.1. The van der Waals surface area contributed by atoms with E-state index in [1.54, 1.807) is 43.5 Å². The number of carbonyl (C=O) groups excluding carboxylic acids is 2. The Labute approximate surface area is 160 Å². The third-order valence-electron chi connectivity index (χ3n) is 3.28. The number of esters is 1. The molecule has 0 spiro atoms. The lowest BCUT2D eigenvalue weighted by atomic mass is 10.3. The van der Waals surface area contributed by atoms with Crippen molar-refractivity contribution in [3.63, 3.8) is 0 Å². The summed E-state index contributed by atoms with van der Waals surface area (Å²) in [6.07, 6.45) is -1.03. The first kappa shape index (κ1) is 19.9. The van der Waals surface area contributed by atoms with Crippen molar-refractivity contribution < 1.29 is 23.8 Å². The summed E-state index contributed by atoms with van der Waals surface area (Å²) in [7, 11) is 1.55. The maximum absolute atomic E-state index is 12.1. The zero-order chi connectivity index (χ0) is 19.1. The van der Waals surface area contributed by atoms with Gasteiger partial charge in [-0.2, -0.15) is 0 Å². The third kappa shape index (κ3) is 5.82. The number of hydrogen-bond donors (Lipinski definition) is 1. The largest absolute Gasteiger partial charge is 0.497 e. The summed E-state index contributed by atoms with van der Waals surface area (Å²) < 4.78 is 15.4. The summed E-state index contributed by atoms with van der Waals surface area (Å²) in [5, 5.41) is 3.30. The number of methoxy groups -OCH3 is 1. The summed E-state index contributed by atoms with van der Waals surface area (Å²) >= 11 is 11.8. The van der Waals surface area contributed by atoms with Crippen molar-refractivity contribution >= 4 is 40.8 Å². The molecule has 0 aliphatic heterocycles. The van der Waals surface area contributed by atoms with Gasteiger partial charge in [-0.3, -0.25) is 4.79 Å². The van der Waals surface area contributed by atoms with Gasteiger partial charge in [0.1, 0.15) is 11.5 Å². The first-order valence-corrected chi connectivity index (χ1v) is 8.37. The van der Waals surface area contributed by atoms with Gasteiger partial charge in [-0.25, -0.2) is 4.79 Å². The van der Waals surface area contributed by atoms with Gasteiger partial charge in [0.15, 0.2) is 12.7 Å². The van der Waals surface area contributed by atoms with Gasteiger partial charge in [0, 0.05) is 5.02 Å². The van der Waals surface area contributed by atoms with E-state index in [9.17, 15) is 9.59 Å². The van der Waals surface area contributed by atoms with E-state index in [-0.39, 0.29) is 6.61 Å². The lowest BCUT2D eigenvalue weighted by Gasteiger charge is -2.14. The second kappa shape index (κ2) is 9.31. The highest BCUT2D eigenvalue weighted by Gasteiger charge is 2.19. The molecule has 1 atom stereocenters. The summed E-state index contributed by atoms with van der Waals surface area (Å²) in [5.41, 5.74) is 0.335. The number of carbonyl (C=O) groups is 2. The third-order valence-corrected chi connectivity index (χ3v) is 3.84. The Morgan fingerprint density at radius 1 is 1.08 bits per heavy atom. The molecule has 2 rings (SSSR count). The van der Waals surface area contributed by atoms with Crippen LogP contribution in [0.25, 0.3) is 0 Å². The average Bonchev–Trinajstić information content (AvgIpc) is 2.63. The van der Waals surface area contributed by atoms with Crippen LogP contribution < -0.4 is 14.8 Å². The van der Waals surface area contributed by atoms with Crippen molar-refractivity contribution in [1.82, 2.24) is 0 Å². The van der Waals surface area contributed by atoms with Gasteiger partial charge in [-0.05, 0) is 49.4 Å². The number of halogens is 2. The van der Waals surface area contributed by atoms with Gasteiger partial charge < -0.3 is 19.5 Å². The van der Waals surface area contributed by atoms with E-state index in [1.165, 1.54) is 13.0 Å². The topological polar surface area (TPSA) is 73.9 Å². The number of rotatable bonds is 7. The molecule has 0 aliphatic carbocycles. The molecule has 8 heteroatoms. The monoisotopic (exact) mass is 397 g/mol. The SMILES string of the molecule is COc1ccc(OCC(=O)O[C@@H](C)C(=O)Nc2cc(Cl)ccc2Cl)cc1. The fourth-order valence-corrected chi connectivity index (χ4v) is 2.26. The van der Waals surface area contributed by atoms with Crippen LogP contribution in [-0.4, -0.2) is 31.7 Å². The minimum Gasteiger partial charge on any atom is -0.497 e. The van der Waals surface area contributed by atoms with Crippen LogP contribution in [0.4, 0.5) is 5.69 Å². The number of benzene rings is 2. The standard InChI is InChI=1S/C18H17Cl2NO5/c1-11(18(23)21-16-9-12(19)3-8-15(16)20)26-17(22)10-25-14-6-4-13(24-2)5-7-14/h3-9,11H,10H2,1-2H3,(H,21,23)/t11-/m0/s1. The highest BCUT2D eigenvalue weighted by atomic mass is 35.5. The zero-order valence-corrected chi connectivity index (χ0v) is 15.6. The first-order valence-electron chi connectivity index (χ1n) is 7.61. The van der Waals surface area contributed by atoms with Gasteiger partial charge in [0.2, 0.25) is 0 Å². The Bertz CT molecular complexity index is 780. The van der Waals surface area contributed by atoms with E-state index in [0.717, 1.165) is 0 Å². The predicted octanol–water partition coefficient (Wildman–Crippen LogP) is 3.95. The summed E-state index contributed by atoms with van der Waals surface area (Å²) in [4.78, 5) is 23.9. The molecule has 0 saturated carbocycles. The van der Waals surface area contributed by atoms with E-state index in [0.29, 0.717) is 27.2 Å². The Morgan fingerprint density at radius 3 is 2.38 bits per heavy atom. The fourth-order valence-electron chi connectivity index (χ4n) is 1.93. The molecule has 0 heterocycles. The van der Waals surface area contributed by atoms with Crippen LogP contribution in [0.1, 0.15) is 6.92 Å². The molecule has 0 aliphatic rings. The molecular weight excluding hydrogens is 381 g/mol. The molecule has 0 saturated heterocycles. The Hall–Kier alpha value is -2.44. The normalized spacial score (nSPS) is 11.4. The van der Waals surface area contributed by atoms with Crippen LogP contribution >= 0.6 is 23.2 Å². The minimum absolute atomic E-state index is 0.323. The van der Waals surface area contributed by atoms with Crippen molar-refractivity contribution in [2.24, 2.45) is 0 Å². The van der Waals surface area contributed by atoms with Crippen LogP contribution in [0.2, 0.25) is 10.0 Å². The van der Waals surface area contributed by atoms with Crippen molar-refractivity contribution in [3.05, 3.63) is 52.5 Å². The predicted molar refractivity (Wildman–Crippen MR) is 99.1 cm³/mol. The lowest BCUT2D eigenvalue weighted by molar-refractivity contribution is -0.155. The van der Waals surface area contributed by atoms with E-state index in [1.807, 2.05) is 0 Å². The van der Waals surface area contributed by atoms with Crippen LogP contribution in [0, 0.1) is 0 Å². The molecule has 0 fully saturated rings. The molecule has 138 valence electrons. The molecule has 0 bridgehead atoms. The molecule has 1 amide bonds. The van der Waals surface area contributed by atoms with E-state index in [4.69, 9.17) is 37.4 Å². The summed E-state index contributed by atoms with van der Waals surface area (Å²) in [6.45, 7) is 1.11. The number of ether oxygens (including phenoxy) is 3. The number of amides is 1. The molecule has 0 radical (unpaired) electrons. The Balaban J connectivity index is 1.83. The number of hydrogen-bond acceptors (Lipinski definition) is 5. The number of nitrogens with one attached hydrogen (secondary N) is 1. The molecule has 0 aromatic heterocycles. The molecule has 26 heavy (non-hydrogen) atoms. The highest BCUT2D eigenvalue weighted by molar-refractivity contribution is 6.35. The average molecular weight is 398 g/mol. The van der Waals surface area contributed by atoms with E-state index < -0.39 is 18.0 Å². The minimum atomic E-state index is -1.03. The van der Waals surface area contributed by atoms with Crippen molar-refractivity contribution in [2.45, 2.75) is 13.0 Å². The van der Waals surface area contributed by atoms with Crippen molar-refractivity contribution in [3.8, 4) is 11.5 Å². The van der Waals surface area contributed by atoms with Crippen LogP contribution in [0.15, 0.2) is 42.5 Å². The molecule has 2 aromatic carbocycles. The fraction of sp³-hybridized carbons (Fsp3) is 0.222. The molecule has 2 aromatic rings. The van der Waals surface area contributed by atoms with Gasteiger partial charge in [0.05, 0.1) is 17.8 Å². The maximum Gasteiger partial charge on any atom is 0.344 e. The second-order valence-electron chi connectivity index (χ2n) is 5.21. The van der Waals surface area contributed by atoms with E-state index in [2.05, 4.69) is 5.32 Å². The van der Waals surface area contributed by atoms with E-state index >= 15 is 0 Å². The molecular formula is C18H17Cl2NO5. The van der Waals surface area contributed by atoms with Crippen LogP contribution in [0.3, 0.4) is 0 Å². The molecule has 0 unspecified atom stereocenters. The summed E-state index contributed by atoms with van der Waals surface area (Å²) in [5.74, 6) is -0.0666. The first-order chi connectivity index (χ1) is 12.4. The number of anilines is 1. The van der Waals surface area contributed by atoms with Gasteiger partial charge in [-0.1, -0.05) is 23.2 Å². The van der Waals surface area contributed by atoms with Crippen LogP contribution in [-0.2, 0) is 14.3 Å². The quantitative estimate of drug-likeness (QED) is 0.715. The maximum atomic E-state index is 12.1. The van der Waals surface area contributed by atoms with Crippen molar-refractivity contribution in [2.75, 3.05) is 19.0 Å². The van der Waals surface area contributed by atoms with Gasteiger partial charge >= 0.3 is 5.97 Å². The second-order valence-corrected chi connectivity index (χ2v) is 6.05. The highest BCUT2D eigenvalue weighted by Crippen LogP contribution is 2.25. The van der Waals surface area contributed by atoms with Crippen molar-refractivity contribution in [1.29, 1.82) is 0 Å². The van der Waals surface area contributed by atoms with Crippen LogP contribution in [0.5, 0.6) is 11.5 Å². The smallest absolute Gasteiger partial charge is 0.344 e. The molecule has 1 N–H and O–H groups in total. The Morgan fingerprint density at radius 2 is 1.73 bits per heavy atom.